The molecule has 0 aliphatic carbocycles. The summed E-state index contributed by atoms with van der Waals surface area (Å²) in [6.07, 6.45) is 4.91. The number of pyridine rings is 1. The lowest BCUT2D eigenvalue weighted by Crippen LogP contribution is -2.05. The summed E-state index contributed by atoms with van der Waals surface area (Å²) in [5.41, 5.74) is 1.90. The SMILES string of the molecule is CCCCn1c(CCCl)nc2cc(Br)cnc21. The summed E-state index contributed by atoms with van der Waals surface area (Å²) < 4.78 is 3.15. The van der Waals surface area contributed by atoms with Crippen LogP contribution in [0.4, 0.5) is 0 Å². The topological polar surface area (TPSA) is 30.7 Å². The number of hydrogen-bond acceptors (Lipinski definition) is 2. The Balaban J connectivity index is 2.46. The van der Waals surface area contributed by atoms with Gasteiger partial charge < -0.3 is 4.57 Å². The summed E-state index contributed by atoms with van der Waals surface area (Å²) >= 11 is 9.24. The number of halogens is 2. The normalized spacial score (nSPS) is 11.2. The molecule has 0 saturated carbocycles. The molecular formula is C12H15BrClN3. The van der Waals surface area contributed by atoms with E-state index in [0.717, 1.165) is 47.3 Å². The number of alkyl halides is 1. The molecule has 92 valence electrons. The van der Waals surface area contributed by atoms with Gasteiger partial charge in [-0.15, -0.1) is 11.6 Å². The second kappa shape index (κ2) is 5.83. The van der Waals surface area contributed by atoms with E-state index in [9.17, 15) is 0 Å². The van der Waals surface area contributed by atoms with Crippen molar-refractivity contribution in [1.29, 1.82) is 0 Å². The number of hydrogen-bond donors (Lipinski definition) is 0. The molecule has 2 aromatic heterocycles. The van der Waals surface area contributed by atoms with Crippen molar-refractivity contribution in [3.05, 3.63) is 22.6 Å². The van der Waals surface area contributed by atoms with Crippen molar-refractivity contribution in [1.82, 2.24) is 14.5 Å². The Morgan fingerprint density at radius 3 is 3.00 bits per heavy atom. The number of imidazole rings is 1. The molecule has 0 radical (unpaired) electrons. The number of unbranched alkanes of at least 4 members (excludes halogenated alkanes) is 1. The van der Waals surface area contributed by atoms with Gasteiger partial charge >= 0.3 is 0 Å². The monoisotopic (exact) mass is 315 g/mol. The minimum absolute atomic E-state index is 0.594. The van der Waals surface area contributed by atoms with E-state index in [1.807, 2.05) is 12.3 Å². The van der Waals surface area contributed by atoms with Crippen molar-refractivity contribution in [2.45, 2.75) is 32.7 Å². The molecule has 0 aliphatic rings. The van der Waals surface area contributed by atoms with Gasteiger partial charge in [-0.3, -0.25) is 0 Å². The third-order valence-electron chi connectivity index (χ3n) is 2.68. The van der Waals surface area contributed by atoms with Gasteiger partial charge in [0.25, 0.3) is 0 Å². The van der Waals surface area contributed by atoms with Crippen LogP contribution in [-0.4, -0.2) is 20.4 Å². The van der Waals surface area contributed by atoms with Gasteiger partial charge in [-0.05, 0) is 28.4 Å². The summed E-state index contributed by atoms with van der Waals surface area (Å²) in [5, 5.41) is 0. The minimum atomic E-state index is 0.594. The maximum Gasteiger partial charge on any atom is 0.160 e. The van der Waals surface area contributed by atoms with Gasteiger partial charge in [0.1, 0.15) is 11.3 Å². The highest BCUT2D eigenvalue weighted by Gasteiger charge is 2.11. The maximum absolute atomic E-state index is 5.82. The van der Waals surface area contributed by atoms with Gasteiger partial charge in [0.15, 0.2) is 5.65 Å². The van der Waals surface area contributed by atoms with Crippen molar-refractivity contribution in [2.75, 3.05) is 5.88 Å². The lowest BCUT2D eigenvalue weighted by molar-refractivity contribution is 0.616. The van der Waals surface area contributed by atoms with Crippen LogP contribution in [0.2, 0.25) is 0 Å². The van der Waals surface area contributed by atoms with Gasteiger partial charge in [0.2, 0.25) is 0 Å². The van der Waals surface area contributed by atoms with Crippen molar-refractivity contribution in [3.63, 3.8) is 0 Å². The van der Waals surface area contributed by atoms with Crippen molar-refractivity contribution < 1.29 is 0 Å². The summed E-state index contributed by atoms with van der Waals surface area (Å²) in [6, 6.07) is 2.00. The van der Waals surface area contributed by atoms with Crippen molar-refractivity contribution in [3.8, 4) is 0 Å². The first-order valence-corrected chi connectivity index (χ1v) is 7.15. The maximum atomic E-state index is 5.82. The zero-order valence-corrected chi connectivity index (χ0v) is 12.1. The minimum Gasteiger partial charge on any atom is -0.313 e. The lowest BCUT2D eigenvalue weighted by atomic mass is 10.3. The molecule has 2 heterocycles. The molecule has 0 N–H and O–H groups in total. The van der Waals surface area contributed by atoms with Crippen LogP contribution in [-0.2, 0) is 13.0 Å². The van der Waals surface area contributed by atoms with Gasteiger partial charge in [0.05, 0.1) is 0 Å². The Morgan fingerprint density at radius 2 is 2.29 bits per heavy atom. The predicted octanol–water partition coefficient (Wildman–Crippen LogP) is 3.78. The van der Waals surface area contributed by atoms with Gasteiger partial charge in [-0.2, -0.15) is 0 Å². The largest absolute Gasteiger partial charge is 0.313 e. The number of nitrogens with zero attached hydrogens (tertiary/aromatic N) is 3. The molecule has 5 heteroatoms. The van der Waals surface area contributed by atoms with E-state index in [1.54, 1.807) is 0 Å². The van der Waals surface area contributed by atoms with E-state index in [0.29, 0.717) is 5.88 Å². The Morgan fingerprint density at radius 1 is 1.47 bits per heavy atom. The van der Waals surface area contributed by atoms with Crippen molar-refractivity contribution >= 4 is 38.7 Å². The molecule has 0 atom stereocenters. The first-order chi connectivity index (χ1) is 8.26. The fourth-order valence-corrected chi connectivity index (χ4v) is 2.35. The predicted molar refractivity (Wildman–Crippen MR) is 74.6 cm³/mol. The van der Waals surface area contributed by atoms with Gasteiger partial charge in [-0.25, -0.2) is 9.97 Å². The van der Waals surface area contributed by atoms with Gasteiger partial charge in [-0.1, -0.05) is 13.3 Å². The standard InChI is InChI=1S/C12H15BrClN3/c1-2-3-6-17-11(4-5-14)16-10-7-9(13)8-15-12(10)17/h7-8H,2-6H2,1H3. The third kappa shape index (κ3) is 2.80. The summed E-state index contributed by atoms with van der Waals surface area (Å²) in [4.78, 5) is 9.05. The first kappa shape index (κ1) is 12.8. The van der Waals surface area contributed by atoms with Crippen LogP contribution in [0.5, 0.6) is 0 Å². The van der Waals surface area contributed by atoms with Crippen LogP contribution in [0.3, 0.4) is 0 Å². The molecule has 0 unspecified atom stereocenters. The van der Waals surface area contributed by atoms with E-state index < -0.39 is 0 Å². The molecule has 2 rings (SSSR count). The molecule has 0 saturated heterocycles. The Hall–Kier alpha value is -0.610. The molecule has 0 spiro atoms. The van der Waals surface area contributed by atoms with Crippen LogP contribution in [0, 0.1) is 0 Å². The summed E-state index contributed by atoms with van der Waals surface area (Å²) in [7, 11) is 0. The molecule has 0 aliphatic heterocycles. The number of fused-ring (bicyclic) bond motifs is 1. The Kier molecular flexibility index (Phi) is 4.40. The number of aryl methyl sites for hydroxylation is 2. The quantitative estimate of drug-likeness (QED) is 0.786. The third-order valence-corrected chi connectivity index (χ3v) is 3.31. The fraction of sp³-hybridized carbons (Fsp3) is 0.500. The second-order valence-electron chi connectivity index (χ2n) is 3.97. The van der Waals surface area contributed by atoms with Crippen LogP contribution in [0.1, 0.15) is 25.6 Å². The van der Waals surface area contributed by atoms with Crippen molar-refractivity contribution in [2.24, 2.45) is 0 Å². The molecule has 0 bridgehead atoms. The Bertz CT molecular complexity index is 510. The van der Waals surface area contributed by atoms with Crippen LogP contribution in [0.25, 0.3) is 11.2 Å². The van der Waals surface area contributed by atoms with E-state index in [1.165, 1.54) is 0 Å². The van der Waals surface area contributed by atoms with E-state index >= 15 is 0 Å². The van der Waals surface area contributed by atoms with Crippen LogP contribution in [0.15, 0.2) is 16.7 Å². The van der Waals surface area contributed by atoms with E-state index in [4.69, 9.17) is 11.6 Å². The van der Waals surface area contributed by atoms with Gasteiger partial charge in [0, 0.05) is 29.5 Å². The molecule has 0 amide bonds. The molecule has 0 aromatic carbocycles. The van der Waals surface area contributed by atoms with E-state index in [2.05, 4.69) is 37.4 Å². The lowest BCUT2D eigenvalue weighted by Gasteiger charge is -2.06. The first-order valence-electron chi connectivity index (χ1n) is 5.83. The number of rotatable bonds is 5. The highest BCUT2D eigenvalue weighted by molar-refractivity contribution is 9.10. The zero-order valence-electron chi connectivity index (χ0n) is 9.79. The molecular weight excluding hydrogens is 302 g/mol. The summed E-state index contributed by atoms with van der Waals surface area (Å²) in [6.45, 7) is 3.15. The highest BCUT2D eigenvalue weighted by atomic mass is 79.9. The molecule has 0 fully saturated rings. The molecule has 17 heavy (non-hydrogen) atoms. The molecule has 3 nitrogen and oxygen atoms in total. The Labute approximate surface area is 114 Å². The number of aromatic nitrogens is 3. The second-order valence-corrected chi connectivity index (χ2v) is 5.26. The average molecular weight is 317 g/mol. The average Bonchev–Trinajstić information content (AvgIpc) is 2.63. The van der Waals surface area contributed by atoms with E-state index in [-0.39, 0.29) is 0 Å². The van der Waals surface area contributed by atoms with Crippen LogP contribution >= 0.6 is 27.5 Å². The highest BCUT2D eigenvalue weighted by Crippen LogP contribution is 2.19. The fourth-order valence-electron chi connectivity index (χ4n) is 1.86. The summed E-state index contributed by atoms with van der Waals surface area (Å²) in [5.74, 6) is 1.63. The molecule has 2 aromatic rings. The smallest absolute Gasteiger partial charge is 0.160 e. The van der Waals surface area contributed by atoms with Crippen LogP contribution < -0.4 is 0 Å². The zero-order chi connectivity index (χ0) is 12.3.